The fraction of sp³-hybridized carbons (Fsp3) is 0.682. The molecule has 168 valence electrons. The fourth-order valence-corrected chi connectivity index (χ4v) is 6.15. The van der Waals surface area contributed by atoms with Crippen molar-refractivity contribution in [3.8, 4) is 0 Å². The smallest absolute Gasteiger partial charge is 0.241 e. The molecule has 6 nitrogen and oxygen atoms in total. The molecule has 1 heterocycles. The summed E-state index contributed by atoms with van der Waals surface area (Å²) in [5.74, 6) is 1.43. The van der Waals surface area contributed by atoms with Crippen LogP contribution >= 0.6 is 11.8 Å². The molecule has 8 heteroatoms. The highest BCUT2D eigenvalue weighted by molar-refractivity contribution is 7.98. The third-order valence-corrected chi connectivity index (χ3v) is 8.32. The molecule has 1 saturated carbocycles. The topological polar surface area (TPSA) is 69.7 Å². The third-order valence-electron chi connectivity index (χ3n) is 6.18. The van der Waals surface area contributed by atoms with Crippen LogP contribution in [0.4, 0.5) is 0 Å². The maximum Gasteiger partial charge on any atom is 0.241 e. The zero-order valence-electron chi connectivity index (χ0n) is 18.0. The Labute approximate surface area is 185 Å². The lowest BCUT2D eigenvalue weighted by Crippen LogP contribution is -2.55. The first-order chi connectivity index (χ1) is 14.5. The lowest BCUT2D eigenvalue weighted by molar-refractivity contribution is -0.134. The van der Waals surface area contributed by atoms with Gasteiger partial charge in [0.2, 0.25) is 15.9 Å². The molecular formula is C22H35N3O3S2. The number of benzene rings is 1. The van der Waals surface area contributed by atoms with Gasteiger partial charge in [0.1, 0.15) is 6.04 Å². The number of hydrogen-bond donors (Lipinski definition) is 1. The molecule has 0 radical (unpaired) electrons. The van der Waals surface area contributed by atoms with Gasteiger partial charge < -0.3 is 4.90 Å². The molecule has 0 bridgehead atoms. The second-order valence-corrected chi connectivity index (χ2v) is 11.1. The molecule has 1 aromatic carbocycles. The van der Waals surface area contributed by atoms with Crippen molar-refractivity contribution < 1.29 is 13.2 Å². The predicted octanol–water partition coefficient (Wildman–Crippen LogP) is 2.81. The molecule has 3 rings (SSSR count). The van der Waals surface area contributed by atoms with Gasteiger partial charge in [-0.1, -0.05) is 37.5 Å². The lowest BCUT2D eigenvalue weighted by atomic mass is 9.89. The minimum absolute atomic E-state index is 0.0964. The van der Waals surface area contributed by atoms with E-state index < -0.39 is 16.1 Å². The number of nitrogens with one attached hydrogen (secondary N) is 1. The summed E-state index contributed by atoms with van der Waals surface area (Å²) < 4.78 is 28.2. The van der Waals surface area contributed by atoms with Crippen LogP contribution in [0.2, 0.25) is 0 Å². The van der Waals surface area contributed by atoms with Gasteiger partial charge in [-0.3, -0.25) is 9.69 Å². The predicted molar refractivity (Wildman–Crippen MR) is 123 cm³/mol. The van der Waals surface area contributed by atoms with Crippen LogP contribution in [0, 0.1) is 5.92 Å². The van der Waals surface area contributed by atoms with Crippen molar-refractivity contribution in [2.75, 3.05) is 44.7 Å². The van der Waals surface area contributed by atoms with Crippen LogP contribution in [-0.2, 0) is 14.8 Å². The number of amides is 1. The molecule has 0 spiro atoms. The maximum atomic E-state index is 13.2. The molecule has 1 aromatic rings. The zero-order chi connectivity index (χ0) is 21.4. The molecular weight excluding hydrogens is 418 g/mol. The van der Waals surface area contributed by atoms with E-state index in [-0.39, 0.29) is 10.8 Å². The van der Waals surface area contributed by atoms with E-state index in [0.29, 0.717) is 19.5 Å². The first-order valence-corrected chi connectivity index (χ1v) is 13.9. The van der Waals surface area contributed by atoms with E-state index in [1.165, 1.54) is 32.1 Å². The molecule has 2 aliphatic rings. The highest BCUT2D eigenvalue weighted by atomic mass is 32.2. The number of nitrogens with zero attached hydrogens (tertiary/aromatic N) is 2. The Morgan fingerprint density at radius 2 is 1.77 bits per heavy atom. The Balaban J connectivity index is 1.57. The summed E-state index contributed by atoms with van der Waals surface area (Å²) in [6, 6.07) is 7.57. The van der Waals surface area contributed by atoms with Crippen LogP contribution in [0.5, 0.6) is 0 Å². The highest BCUT2D eigenvalue weighted by Crippen LogP contribution is 2.25. The van der Waals surface area contributed by atoms with Gasteiger partial charge in [0, 0.05) is 32.7 Å². The summed E-state index contributed by atoms with van der Waals surface area (Å²) in [7, 11) is -3.72. The largest absolute Gasteiger partial charge is 0.339 e. The van der Waals surface area contributed by atoms with Crippen LogP contribution in [0.1, 0.15) is 38.5 Å². The normalized spacial score (nSPS) is 20.2. The van der Waals surface area contributed by atoms with E-state index in [4.69, 9.17) is 0 Å². The number of piperazine rings is 1. The van der Waals surface area contributed by atoms with Crippen molar-refractivity contribution in [2.45, 2.75) is 49.5 Å². The van der Waals surface area contributed by atoms with Gasteiger partial charge >= 0.3 is 0 Å². The minimum atomic E-state index is -3.72. The number of hydrogen-bond acceptors (Lipinski definition) is 5. The molecule has 1 aliphatic carbocycles. The van der Waals surface area contributed by atoms with Crippen molar-refractivity contribution in [2.24, 2.45) is 5.92 Å². The summed E-state index contributed by atoms with van der Waals surface area (Å²) in [5.41, 5.74) is 0. The third kappa shape index (κ3) is 6.70. The Kier molecular flexibility index (Phi) is 9.04. The van der Waals surface area contributed by atoms with Crippen LogP contribution in [0.25, 0.3) is 0 Å². The van der Waals surface area contributed by atoms with Crippen molar-refractivity contribution >= 4 is 27.7 Å². The van der Waals surface area contributed by atoms with Gasteiger partial charge in [-0.15, -0.1) is 0 Å². The average Bonchev–Trinajstić information content (AvgIpc) is 2.78. The Hall–Kier alpha value is -1.09. The molecule has 30 heavy (non-hydrogen) atoms. The van der Waals surface area contributed by atoms with Crippen molar-refractivity contribution in [3.05, 3.63) is 30.3 Å². The number of carbonyl (C=O) groups is 1. The molecule has 1 aliphatic heterocycles. The number of thioether (sulfide) groups is 1. The van der Waals surface area contributed by atoms with Crippen molar-refractivity contribution in [1.29, 1.82) is 0 Å². The monoisotopic (exact) mass is 453 g/mol. The standard InChI is InChI=1S/C22H35N3O3S2/c1-29-17-12-21(23-30(27,28)20-10-6-3-7-11-20)22(26)25-15-13-24(14-16-25)18-19-8-4-2-5-9-19/h3,6-7,10-11,19,21,23H,2,4-5,8-9,12-18H2,1H3. The van der Waals surface area contributed by atoms with Crippen molar-refractivity contribution in [3.63, 3.8) is 0 Å². The molecule has 1 atom stereocenters. The number of sulfonamides is 1. The van der Waals surface area contributed by atoms with E-state index in [1.54, 1.807) is 42.1 Å². The van der Waals surface area contributed by atoms with Gasteiger partial charge in [0.25, 0.3) is 0 Å². The Morgan fingerprint density at radius 1 is 1.10 bits per heavy atom. The average molecular weight is 454 g/mol. The van der Waals surface area contributed by atoms with Gasteiger partial charge in [-0.05, 0) is 49.3 Å². The molecule has 1 unspecified atom stereocenters. The van der Waals surface area contributed by atoms with Crippen molar-refractivity contribution in [1.82, 2.24) is 14.5 Å². The molecule has 1 N–H and O–H groups in total. The number of carbonyl (C=O) groups excluding carboxylic acids is 1. The van der Waals surface area contributed by atoms with Crippen LogP contribution in [0.15, 0.2) is 35.2 Å². The fourth-order valence-electron chi connectivity index (χ4n) is 4.43. The van der Waals surface area contributed by atoms with Gasteiger partial charge in [-0.25, -0.2) is 8.42 Å². The molecule has 1 saturated heterocycles. The maximum absolute atomic E-state index is 13.2. The van der Waals surface area contributed by atoms with Crippen LogP contribution in [-0.4, -0.2) is 74.9 Å². The summed E-state index contributed by atoms with van der Waals surface area (Å²) in [6.07, 6.45) is 9.19. The Bertz CT molecular complexity index is 759. The van der Waals surface area contributed by atoms with Crippen LogP contribution < -0.4 is 4.72 Å². The quantitative estimate of drug-likeness (QED) is 0.623. The first kappa shape index (κ1) is 23.6. The van der Waals surface area contributed by atoms with E-state index in [2.05, 4.69) is 9.62 Å². The van der Waals surface area contributed by atoms with E-state index in [9.17, 15) is 13.2 Å². The summed E-state index contributed by atoms with van der Waals surface area (Å²) in [5, 5.41) is 0. The number of rotatable bonds is 9. The summed E-state index contributed by atoms with van der Waals surface area (Å²) >= 11 is 1.62. The van der Waals surface area contributed by atoms with Gasteiger partial charge in [0.05, 0.1) is 4.90 Å². The highest BCUT2D eigenvalue weighted by Gasteiger charge is 2.31. The summed E-state index contributed by atoms with van der Waals surface area (Å²) in [6.45, 7) is 4.24. The van der Waals surface area contributed by atoms with E-state index in [1.807, 2.05) is 11.2 Å². The second kappa shape index (κ2) is 11.5. The molecule has 2 fully saturated rings. The summed E-state index contributed by atoms with van der Waals surface area (Å²) in [4.78, 5) is 17.7. The molecule has 0 aromatic heterocycles. The zero-order valence-corrected chi connectivity index (χ0v) is 19.6. The first-order valence-electron chi connectivity index (χ1n) is 11.1. The SMILES string of the molecule is CSCCC(NS(=O)(=O)c1ccccc1)C(=O)N1CCN(CC2CCCCC2)CC1. The second-order valence-electron chi connectivity index (χ2n) is 8.40. The van der Waals surface area contributed by atoms with E-state index in [0.717, 1.165) is 31.3 Å². The van der Waals surface area contributed by atoms with E-state index >= 15 is 0 Å². The Morgan fingerprint density at radius 3 is 2.40 bits per heavy atom. The van der Waals surface area contributed by atoms with Gasteiger partial charge in [0.15, 0.2) is 0 Å². The van der Waals surface area contributed by atoms with Gasteiger partial charge in [-0.2, -0.15) is 16.5 Å². The van der Waals surface area contributed by atoms with Crippen LogP contribution in [0.3, 0.4) is 0 Å². The minimum Gasteiger partial charge on any atom is -0.339 e. The molecule has 1 amide bonds. The lowest BCUT2D eigenvalue weighted by Gasteiger charge is -2.38.